The van der Waals surface area contributed by atoms with Crippen molar-refractivity contribution in [2.45, 2.75) is 59.5 Å². The van der Waals surface area contributed by atoms with Crippen molar-refractivity contribution < 1.29 is 14.6 Å². The van der Waals surface area contributed by atoms with Gasteiger partial charge in [-0.3, -0.25) is 4.79 Å². The molecule has 1 unspecified atom stereocenters. The quantitative estimate of drug-likeness (QED) is 0.591. The molecular formula is C16H28O3. The third-order valence-electron chi connectivity index (χ3n) is 3.24. The summed E-state index contributed by atoms with van der Waals surface area (Å²) in [6.07, 6.45) is 3.20. The predicted molar refractivity (Wildman–Crippen MR) is 78.8 cm³/mol. The maximum Gasteiger partial charge on any atom is 0.308 e. The van der Waals surface area contributed by atoms with Crippen LogP contribution in [0.25, 0.3) is 0 Å². The van der Waals surface area contributed by atoms with Gasteiger partial charge in [0, 0.05) is 0 Å². The van der Waals surface area contributed by atoms with Crippen LogP contribution < -0.4 is 0 Å². The summed E-state index contributed by atoms with van der Waals surface area (Å²) in [6.45, 7) is 14.0. The van der Waals surface area contributed by atoms with E-state index in [0.717, 1.165) is 0 Å². The van der Waals surface area contributed by atoms with Crippen LogP contribution >= 0.6 is 0 Å². The normalized spacial score (nSPS) is 14.5. The van der Waals surface area contributed by atoms with Crippen molar-refractivity contribution in [1.29, 1.82) is 0 Å². The SMILES string of the molecule is C=C(C(C)(C)C)C(O)(CCC=C(C)C)CC(=O)OC. The van der Waals surface area contributed by atoms with Crippen LogP contribution in [0, 0.1) is 5.41 Å². The first-order chi connectivity index (χ1) is 8.53. The third-order valence-corrected chi connectivity index (χ3v) is 3.24. The maximum atomic E-state index is 11.5. The van der Waals surface area contributed by atoms with Gasteiger partial charge in [0.05, 0.1) is 19.1 Å². The highest BCUT2D eigenvalue weighted by Gasteiger charge is 2.38. The Balaban J connectivity index is 5.07. The van der Waals surface area contributed by atoms with Gasteiger partial charge in [-0.15, -0.1) is 0 Å². The van der Waals surface area contributed by atoms with E-state index in [1.807, 2.05) is 34.6 Å². The van der Waals surface area contributed by atoms with E-state index >= 15 is 0 Å². The molecule has 0 aliphatic rings. The van der Waals surface area contributed by atoms with Crippen LogP contribution in [0.5, 0.6) is 0 Å². The zero-order valence-electron chi connectivity index (χ0n) is 13.2. The summed E-state index contributed by atoms with van der Waals surface area (Å²) in [5.41, 5.74) is 0.403. The Morgan fingerprint density at radius 2 is 1.84 bits per heavy atom. The van der Waals surface area contributed by atoms with Crippen LogP contribution in [0.4, 0.5) is 0 Å². The molecule has 0 rings (SSSR count). The van der Waals surface area contributed by atoms with Crippen molar-refractivity contribution in [2.24, 2.45) is 5.41 Å². The fourth-order valence-corrected chi connectivity index (χ4v) is 1.95. The van der Waals surface area contributed by atoms with Crippen molar-refractivity contribution in [3.8, 4) is 0 Å². The lowest BCUT2D eigenvalue weighted by Crippen LogP contribution is -2.39. The van der Waals surface area contributed by atoms with E-state index in [1.54, 1.807) is 0 Å². The summed E-state index contributed by atoms with van der Waals surface area (Å²) in [4.78, 5) is 11.5. The highest BCUT2D eigenvalue weighted by molar-refractivity contribution is 5.71. The zero-order valence-corrected chi connectivity index (χ0v) is 13.2. The van der Waals surface area contributed by atoms with Gasteiger partial charge < -0.3 is 9.84 Å². The Labute approximate surface area is 117 Å². The summed E-state index contributed by atoms with van der Waals surface area (Å²) in [5.74, 6) is -0.412. The molecule has 1 N–H and O–H groups in total. The van der Waals surface area contributed by atoms with E-state index in [9.17, 15) is 9.90 Å². The summed E-state index contributed by atoms with van der Waals surface area (Å²) >= 11 is 0. The fraction of sp³-hybridized carbons (Fsp3) is 0.688. The molecule has 0 fully saturated rings. The second-order valence-corrected chi connectivity index (χ2v) is 6.33. The van der Waals surface area contributed by atoms with E-state index in [4.69, 9.17) is 0 Å². The molecule has 0 radical (unpaired) electrons. The molecule has 0 spiro atoms. The molecule has 3 nitrogen and oxygen atoms in total. The van der Waals surface area contributed by atoms with Gasteiger partial charge in [-0.25, -0.2) is 0 Å². The molecule has 0 aromatic rings. The molecule has 0 saturated heterocycles. The lowest BCUT2D eigenvalue weighted by atomic mass is 9.73. The van der Waals surface area contributed by atoms with E-state index in [0.29, 0.717) is 18.4 Å². The van der Waals surface area contributed by atoms with Crippen LogP contribution in [0.15, 0.2) is 23.8 Å². The highest BCUT2D eigenvalue weighted by Crippen LogP contribution is 2.38. The number of rotatable bonds is 6. The largest absolute Gasteiger partial charge is 0.469 e. The summed E-state index contributed by atoms with van der Waals surface area (Å²) in [5, 5.41) is 10.8. The molecule has 0 amide bonds. The van der Waals surface area contributed by atoms with Crippen molar-refractivity contribution in [3.05, 3.63) is 23.8 Å². The maximum absolute atomic E-state index is 11.5. The lowest BCUT2D eigenvalue weighted by Gasteiger charge is -2.36. The van der Waals surface area contributed by atoms with Crippen LogP contribution in [-0.4, -0.2) is 23.8 Å². The Morgan fingerprint density at radius 1 is 1.32 bits per heavy atom. The fourth-order valence-electron chi connectivity index (χ4n) is 1.95. The van der Waals surface area contributed by atoms with E-state index in [2.05, 4.69) is 17.4 Å². The number of carbonyl (C=O) groups excluding carboxylic acids is 1. The Morgan fingerprint density at radius 3 is 2.21 bits per heavy atom. The van der Waals surface area contributed by atoms with Gasteiger partial charge >= 0.3 is 5.97 Å². The number of aliphatic hydroxyl groups is 1. The van der Waals surface area contributed by atoms with Crippen LogP contribution in [-0.2, 0) is 9.53 Å². The van der Waals surface area contributed by atoms with Gasteiger partial charge in [0.1, 0.15) is 0 Å². The van der Waals surface area contributed by atoms with Gasteiger partial charge in [0.15, 0.2) is 0 Å². The average molecular weight is 268 g/mol. The van der Waals surface area contributed by atoms with Crippen LogP contribution in [0.1, 0.15) is 53.9 Å². The smallest absolute Gasteiger partial charge is 0.308 e. The number of hydrogen-bond donors (Lipinski definition) is 1. The first kappa shape index (κ1) is 17.9. The molecule has 19 heavy (non-hydrogen) atoms. The first-order valence-corrected chi connectivity index (χ1v) is 6.65. The van der Waals surface area contributed by atoms with Crippen LogP contribution in [0.2, 0.25) is 0 Å². The van der Waals surface area contributed by atoms with E-state index in [1.165, 1.54) is 12.7 Å². The summed E-state index contributed by atoms with van der Waals surface area (Å²) in [7, 11) is 1.33. The van der Waals surface area contributed by atoms with Gasteiger partial charge in [-0.1, -0.05) is 39.0 Å². The highest BCUT2D eigenvalue weighted by atomic mass is 16.5. The number of carbonyl (C=O) groups is 1. The molecule has 0 saturated carbocycles. The number of allylic oxidation sites excluding steroid dienone is 2. The van der Waals surface area contributed by atoms with Gasteiger partial charge in [0.25, 0.3) is 0 Å². The number of hydrogen-bond acceptors (Lipinski definition) is 3. The molecule has 0 bridgehead atoms. The second-order valence-electron chi connectivity index (χ2n) is 6.33. The Kier molecular flexibility index (Phi) is 6.50. The average Bonchev–Trinajstić information content (AvgIpc) is 2.26. The third kappa shape index (κ3) is 6.06. The van der Waals surface area contributed by atoms with Crippen molar-refractivity contribution in [2.75, 3.05) is 7.11 Å². The minimum absolute atomic E-state index is 0.0454. The van der Waals surface area contributed by atoms with E-state index < -0.39 is 11.6 Å². The minimum Gasteiger partial charge on any atom is -0.469 e. The number of esters is 1. The molecule has 0 heterocycles. The Hall–Kier alpha value is -1.09. The van der Waals surface area contributed by atoms with Crippen molar-refractivity contribution >= 4 is 5.97 Å². The molecule has 0 aromatic heterocycles. The van der Waals surface area contributed by atoms with Gasteiger partial charge in [-0.05, 0) is 37.7 Å². The van der Waals surface area contributed by atoms with Gasteiger partial charge in [-0.2, -0.15) is 0 Å². The van der Waals surface area contributed by atoms with Crippen molar-refractivity contribution in [1.82, 2.24) is 0 Å². The molecule has 110 valence electrons. The summed E-state index contributed by atoms with van der Waals surface area (Å²) < 4.78 is 4.68. The molecule has 0 aliphatic heterocycles. The molecule has 1 atom stereocenters. The number of ether oxygens (including phenoxy) is 1. The van der Waals surface area contributed by atoms with Gasteiger partial charge in [0.2, 0.25) is 0 Å². The topological polar surface area (TPSA) is 46.5 Å². The first-order valence-electron chi connectivity index (χ1n) is 6.65. The summed E-state index contributed by atoms with van der Waals surface area (Å²) in [6, 6.07) is 0. The second kappa shape index (κ2) is 6.90. The zero-order chi connectivity index (χ0) is 15.3. The Bertz CT molecular complexity index is 357. The molecular weight excluding hydrogens is 240 g/mol. The molecule has 0 aromatic carbocycles. The monoisotopic (exact) mass is 268 g/mol. The predicted octanol–water partition coefficient (Wildman–Crippen LogP) is 3.63. The number of methoxy groups -OCH3 is 1. The minimum atomic E-state index is -1.21. The van der Waals surface area contributed by atoms with Crippen molar-refractivity contribution in [3.63, 3.8) is 0 Å². The van der Waals surface area contributed by atoms with Crippen LogP contribution in [0.3, 0.4) is 0 Å². The van der Waals surface area contributed by atoms with E-state index in [-0.39, 0.29) is 11.8 Å². The standard InChI is InChI=1S/C16H28O3/c1-12(2)9-8-10-16(18,11-14(17)19-7)13(3)15(4,5)6/h9,18H,3,8,10-11H2,1-2,4-7H3. The molecule has 3 heteroatoms. The molecule has 0 aliphatic carbocycles. The lowest BCUT2D eigenvalue weighted by molar-refractivity contribution is -0.145.